The minimum absolute atomic E-state index is 0.0459. The van der Waals surface area contributed by atoms with Crippen molar-refractivity contribution in [1.29, 1.82) is 0 Å². The van der Waals surface area contributed by atoms with Gasteiger partial charge in [0, 0.05) is 19.6 Å². The minimum Gasteiger partial charge on any atom is -0.497 e. The van der Waals surface area contributed by atoms with Crippen molar-refractivity contribution < 1.29 is 27.5 Å². The van der Waals surface area contributed by atoms with E-state index in [1.165, 1.54) is 4.90 Å². The maximum atomic E-state index is 13.6. The summed E-state index contributed by atoms with van der Waals surface area (Å²) in [5.41, 5.74) is 2.57. The zero-order valence-electron chi connectivity index (χ0n) is 23.4. The average molecular weight is 568 g/mol. The maximum absolute atomic E-state index is 13.6. The van der Waals surface area contributed by atoms with Crippen molar-refractivity contribution in [3.8, 4) is 11.5 Å². The van der Waals surface area contributed by atoms with E-state index in [2.05, 4.69) is 5.32 Å². The number of carbonyl (C=O) groups excluding carboxylic acids is 2. The Labute approximate surface area is 236 Å². The molecule has 0 aliphatic carbocycles. The van der Waals surface area contributed by atoms with Gasteiger partial charge in [0.1, 0.15) is 17.5 Å². The molecular formula is C30H37N3O6S. The first-order valence-corrected chi connectivity index (χ1v) is 14.8. The van der Waals surface area contributed by atoms with E-state index in [0.29, 0.717) is 18.7 Å². The van der Waals surface area contributed by atoms with Gasteiger partial charge in [-0.1, -0.05) is 54.6 Å². The van der Waals surface area contributed by atoms with E-state index in [4.69, 9.17) is 9.47 Å². The van der Waals surface area contributed by atoms with E-state index in [1.807, 2.05) is 54.6 Å². The van der Waals surface area contributed by atoms with Crippen LogP contribution in [0.4, 0.5) is 0 Å². The molecule has 214 valence electrons. The van der Waals surface area contributed by atoms with Crippen LogP contribution in [0.1, 0.15) is 23.6 Å². The molecular weight excluding hydrogens is 530 g/mol. The van der Waals surface area contributed by atoms with Gasteiger partial charge in [-0.15, -0.1) is 0 Å². The molecule has 0 aliphatic rings. The van der Waals surface area contributed by atoms with E-state index in [1.54, 1.807) is 45.4 Å². The molecule has 0 heterocycles. The predicted molar refractivity (Wildman–Crippen MR) is 154 cm³/mol. The van der Waals surface area contributed by atoms with Crippen LogP contribution in [0, 0.1) is 0 Å². The summed E-state index contributed by atoms with van der Waals surface area (Å²) in [6, 6.07) is 23.0. The van der Waals surface area contributed by atoms with Crippen LogP contribution in [0.25, 0.3) is 0 Å². The zero-order chi connectivity index (χ0) is 29.1. The lowest BCUT2D eigenvalue weighted by molar-refractivity contribution is -0.140. The van der Waals surface area contributed by atoms with Crippen LogP contribution >= 0.6 is 0 Å². The molecule has 1 atom stereocenters. The Morgan fingerprint density at radius 1 is 0.800 bits per heavy atom. The van der Waals surface area contributed by atoms with E-state index in [0.717, 1.165) is 33.0 Å². The number of nitrogens with zero attached hydrogens (tertiary/aromatic N) is 2. The Morgan fingerprint density at radius 3 is 1.85 bits per heavy atom. The summed E-state index contributed by atoms with van der Waals surface area (Å²) >= 11 is 0. The first kappa shape index (κ1) is 30.6. The number of benzene rings is 3. The number of nitrogens with one attached hydrogen (secondary N) is 1. The lowest BCUT2D eigenvalue weighted by Crippen LogP contribution is -2.51. The number of carbonyl (C=O) groups is 2. The van der Waals surface area contributed by atoms with Crippen molar-refractivity contribution in [2.45, 2.75) is 32.5 Å². The average Bonchev–Trinajstić information content (AvgIpc) is 2.95. The van der Waals surface area contributed by atoms with E-state index >= 15 is 0 Å². The molecule has 0 radical (unpaired) electrons. The topological polar surface area (TPSA) is 105 Å². The fraction of sp³-hybridized carbons (Fsp3) is 0.333. The van der Waals surface area contributed by atoms with Gasteiger partial charge < -0.3 is 19.7 Å². The molecule has 3 rings (SSSR count). The molecule has 0 unspecified atom stereocenters. The SMILES string of the molecule is COc1ccc(CCNC(=O)[C@H](C)N(Cc2ccc(OC)cc2)C(=O)CN(Cc2ccccc2)S(C)(=O)=O)cc1. The molecule has 10 heteroatoms. The molecule has 1 N–H and O–H groups in total. The maximum Gasteiger partial charge on any atom is 0.242 e. The third-order valence-electron chi connectivity index (χ3n) is 6.53. The molecule has 0 saturated carbocycles. The fourth-order valence-electron chi connectivity index (χ4n) is 4.10. The molecule has 0 aliphatic heterocycles. The second-order valence-corrected chi connectivity index (χ2v) is 11.4. The van der Waals surface area contributed by atoms with Crippen molar-refractivity contribution >= 4 is 21.8 Å². The number of hydrogen-bond acceptors (Lipinski definition) is 6. The van der Waals surface area contributed by atoms with E-state index in [9.17, 15) is 18.0 Å². The van der Waals surface area contributed by atoms with Gasteiger partial charge in [0.2, 0.25) is 21.8 Å². The van der Waals surface area contributed by atoms with Crippen LogP contribution in [0.3, 0.4) is 0 Å². The standard InChI is InChI=1S/C30H37N3O6S/c1-23(30(35)31-19-18-24-10-14-27(38-2)15-11-24)33(21-26-12-16-28(39-3)17-13-26)29(34)22-32(40(4,36)37)20-25-8-6-5-7-9-25/h5-17,23H,18-22H2,1-4H3,(H,31,35)/t23-/m0/s1. The van der Waals surface area contributed by atoms with Gasteiger partial charge in [0.15, 0.2) is 0 Å². The van der Waals surface area contributed by atoms with Crippen LogP contribution in [-0.2, 0) is 39.1 Å². The van der Waals surface area contributed by atoms with Crippen molar-refractivity contribution in [2.75, 3.05) is 33.6 Å². The lowest BCUT2D eigenvalue weighted by Gasteiger charge is -2.31. The van der Waals surface area contributed by atoms with Gasteiger partial charge in [0.05, 0.1) is 27.0 Å². The number of hydrogen-bond donors (Lipinski definition) is 1. The Kier molecular flexibility index (Phi) is 11.1. The van der Waals surface area contributed by atoms with Gasteiger partial charge in [-0.3, -0.25) is 9.59 Å². The Morgan fingerprint density at radius 2 is 1.32 bits per heavy atom. The second-order valence-electron chi connectivity index (χ2n) is 9.45. The molecule has 0 saturated heterocycles. The third kappa shape index (κ3) is 9.10. The third-order valence-corrected chi connectivity index (χ3v) is 7.73. The Balaban J connectivity index is 1.75. The van der Waals surface area contributed by atoms with Gasteiger partial charge in [-0.25, -0.2) is 8.42 Å². The molecule has 2 amide bonds. The van der Waals surface area contributed by atoms with Gasteiger partial charge in [0.25, 0.3) is 0 Å². The molecule has 0 bridgehead atoms. The zero-order valence-corrected chi connectivity index (χ0v) is 24.2. The normalized spacial score (nSPS) is 12.0. The molecule has 0 aromatic heterocycles. The summed E-state index contributed by atoms with van der Waals surface area (Å²) in [5.74, 6) is 0.612. The fourth-order valence-corrected chi connectivity index (χ4v) is 4.83. The molecule has 40 heavy (non-hydrogen) atoms. The smallest absolute Gasteiger partial charge is 0.242 e. The summed E-state index contributed by atoms with van der Waals surface area (Å²) in [6.45, 7) is 1.80. The molecule has 9 nitrogen and oxygen atoms in total. The Hall–Kier alpha value is -3.89. The van der Waals surface area contributed by atoms with Crippen molar-refractivity contribution in [1.82, 2.24) is 14.5 Å². The van der Waals surface area contributed by atoms with Crippen molar-refractivity contribution in [3.63, 3.8) is 0 Å². The first-order chi connectivity index (χ1) is 19.1. The van der Waals surface area contributed by atoms with E-state index in [-0.39, 0.29) is 19.0 Å². The largest absolute Gasteiger partial charge is 0.497 e. The van der Waals surface area contributed by atoms with Crippen molar-refractivity contribution in [2.24, 2.45) is 0 Å². The van der Waals surface area contributed by atoms with Gasteiger partial charge >= 0.3 is 0 Å². The van der Waals surface area contributed by atoms with Crippen LogP contribution in [-0.4, -0.2) is 69.0 Å². The molecule has 3 aromatic rings. The molecule has 0 spiro atoms. The Bertz CT molecular complexity index is 1350. The molecule has 3 aromatic carbocycles. The number of sulfonamides is 1. The number of amides is 2. The van der Waals surface area contributed by atoms with Gasteiger partial charge in [-0.2, -0.15) is 4.31 Å². The van der Waals surface area contributed by atoms with Crippen LogP contribution in [0.5, 0.6) is 11.5 Å². The van der Waals surface area contributed by atoms with E-state index < -0.39 is 28.5 Å². The number of rotatable bonds is 14. The second kappa shape index (κ2) is 14.5. The monoisotopic (exact) mass is 567 g/mol. The highest BCUT2D eigenvalue weighted by Gasteiger charge is 2.29. The summed E-state index contributed by atoms with van der Waals surface area (Å²) in [4.78, 5) is 28.2. The van der Waals surface area contributed by atoms with Crippen molar-refractivity contribution in [3.05, 3.63) is 95.6 Å². The summed E-state index contributed by atoms with van der Waals surface area (Å²) < 4.78 is 36.7. The summed E-state index contributed by atoms with van der Waals surface area (Å²) in [7, 11) is -0.541. The number of methoxy groups -OCH3 is 2. The summed E-state index contributed by atoms with van der Waals surface area (Å²) in [6.07, 6.45) is 1.68. The van der Waals surface area contributed by atoms with Crippen LogP contribution < -0.4 is 14.8 Å². The highest BCUT2D eigenvalue weighted by Crippen LogP contribution is 2.17. The highest BCUT2D eigenvalue weighted by atomic mass is 32.2. The van der Waals surface area contributed by atoms with Crippen LogP contribution in [0.15, 0.2) is 78.9 Å². The molecule has 0 fully saturated rings. The minimum atomic E-state index is -3.71. The quantitative estimate of drug-likeness (QED) is 0.321. The summed E-state index contributed by atoms with van der Waals surface area (Å²) in [5, 5.41) is 2.91. The van der Waals surface area contributed by atoms with Crippen LogP contribution in [0.2, 0.25) is 0 Å². The highest BCUT2D eigenvalue weighted by molar-refractivity contribution is 7.88. The first-order valence-electron chi connectivity index (χ1n) is 12.9. The van der Waals surface area contributed by atoms with Gasteiger partial charge in [-0.05, 0) is 54.3 Å². The lowest BCUT2D eigenvalue weighted by atomic mass is 10.1. The number of ether oxygens (including phenoxy) is 2. The predicted octanol–water partition coefficient (Wildman–Crippen LogP) is 3.24.